The number of aryl methyl sites for hydroxylation is 1. The van der Waals surface area contributed by atoms with Crippen LogP contribution in [0.2, 0.25) is 5.02 Å². The van der Waals surface area contributed by atoms with Gasteiger partial charge >= 0.3 is 6.61 Å². The van der Waals surface area contributed by atoms with Crippen LogP contribution in [0.4, 0.5) is 23.2 Å². The fourth-order valence-corrected chi connectivity index (χ4v) is 4.31. The Bertz CT molecular complexity index is 1170. The molecular weight excluding hydrogens is 436 g/mol. The summed E-state index contributed by atoms with van der Waals surface area (Å²) in [6.07, 6.45) is 2.09. The molecular formula is C18H15ClF4N2O3S. The number of nitrogens with one attached hydrogen (secondary N) is 1. The quantitative estimate of drug-likeness (QED) is 0.491. The molecule has 0 aliphatic rings. The second-order valence-electron chi connectivity index (χ2n) is 6.09. The molecule has 0 amide bonds. The first-order valence-electron chi connectivity index (χ1n) is 8.37. The molecule has 1 heterocycles. The molecule has 0 atom stereocenters. The van der Waals surface area contributed by atoms with Gasteiger partial charge in [-0.05, 0) is 24.6 Å². The smallest absolute Gasteiger partial charge is 0.387 e. The predicted octanol–water partition coefficient (Wildman–Crippen LogP) is 5.39. The third kappa shape index (κ3) is 4.43. The SMILES string of the molecule is CCCn1cc(S(=O)(=O)Nc2cc(F)c(OC(F)F)cc2F)c2ccc(Cl)cc21. The summed E-state index contributed by atoms with van der Waals surface area (Å²) in [5.74, 6) is -3.65. The first-order valence-corrected chi connectivity index (χ1v) is 10.2. The van der Waals surface area contributed by atoms with Gasteiger partial charge in [0.05, 0.1) is 11.2 Å². The molecule has 5 nitrogen and oxygen atoms in total. The zero-order valence-corrected chi connectivity index (χ0v) is 16.5. The average Bonchev–Trinajstić information content (AvgIpc) is 2.98. The van der Waals surface area contributed by atoms with Crippen LogP contribution in [0.1, 0.15) is 13.3 Å². The maximum atomic E-state index is 14.2. The third-order valence-electron chi connectivity index (χ3n) is 4.04. The fourth-order valence-electron chi connectivity index (χ4n) is 2.86. The largest absolute Gasteiger partial charge is 0.432 e. The maximum Gasteiger partial charge on any atom is 0.387 e. The van der Waals surface area contributed by atoms with E-state index in [2.05, 4.69) is 4.74 Å². The van der Waals surface area contributed by atoms with E-state index in [1.54, 1.807) is 10.6 Å². The van der Waals surface area contributed by atoms with Crippen LogP contribution in [0.3, 0.4) is 0 Å². The third-order valence-corrected chi connectivity index (χ3v) is 5.67. The summed E-state index contributed by atoms with van der Waals surface area (Å²) in [7, 11) is -4.33. The Morgan fingerprint density at radius 3 is 2.55 bits per heavy atom. The van der Waals surface area contributed by atoms with E-state index in [9.17, 15) is 26.0 Å². The first-order chi connectivity index (χ1) is 13.6. The highest BCUT2D eigenvalue weighted by atomic mass is 35.5. The van der Waals surface area contributed by atoms with Gasteiger partial charge in [0, 0.05) is 35.3 Å². The highest BCUT2D eigenvalue weighted by molar-refractivity contribution is 7.93. The number of sulfonamides is 1. The number of hydrogen-bond acceptors (Lipinski definition) is 3. The molecule has 0 saturated heterocycles. The van der Waals surface area contributed by atoms with Gasteiger partial charge in [0.1, 0.15) is 4.90 Å². The van der Waals surface area contributed by atoms with Gasteiger partial charge < -0.3 is 9.30 Å². The van der Waals surface area contributed by atoms with Crippen LogP contribution in [0.15, 0.2) is 41.4 Å². The number of nitrogens with zero attached hydrogens (tertiary/aromatic N) is 1. The van der Waals surface area contributed by atoms with Gasteiger partial charge in [-0.2, -0.15) is 8.78 Å². The van der Waals surface area contributed by atoms with Crippen LogP contribution in [0.5, 0.6) is 5.75 Å². The highest BCUT2D eigenvalue weighted by Crippen LogP contribution is 2.32. The summed E-state index contributed by atoms with van der Waals surface area (Å²) < 4.78 is 85.7. The van der Waals surface area contributed by atoms with Crippen LogP contribution in [0, 0.1) is 11.6 Å². The molecule has 156 valence electrons. The van der Waals surface area contributed by atoms with E-state index in [0.717, 1.165) is 0 Å². The number of ether oxygens (including phenoxy) is 1. The molecule has 0 aliphatic heterocycles. The Kier molecular flexibility index (Phi) is 5.95. The van der Waals surface area contributed by atoms with E-state index in [0.29, 0.717) is 41.0 Å². The maximum absolute atomic E-state index is 14.2. The normalized spacial score (nSPS) is 12.0. The number of hydrogen-bond donors (Lipinski definition) is 1. The zero-order chi connectivity index (χ0) is 21.3. The van der Waals surface area contributed by atoms with Crippen LogP contribution in [-0.4, -0.2) is 19.6 Å². The molecule has 0 unspecified atom stereocenters. The van der Waals surface area contributed by atoms with E-state index < -0.39 is 39.7 Å². The molecule has 29 heavy (non-hydrogen) atoms. The molecule has 0 saturated carbocycles. The minimum absolute atomic E-state index is 0.162. The van der Waals surface area contributed by atoms with Crippen molar-refractivity contribution in [3.05, 3.63) is 53.2 Å². The van der Waals surface area contributed by atoms with Crippen molar-refractivity contribution in [3.8, 4) is 5.75 Å². The van der Waals surface area contributed by atoms with E-state index >= 15 is 0 Å². The standard InChI is InChI=1S/C18H15ClF4N2O3S/c1-2-5-25-9-17(11-4-3-10(19)6-15(11)25)29(26,27)24-14-7-13(21)16(8-12(14)20)28-18(22)23/h3-4,6-9,18,24H,2,5H2,1H3. The van der Waals surface area contributed by atoms with E-state index in [1.165, 1.54) is 18.3 Å². The molecule has 1 aromatic heterocycles. The second-order valence-corrected chi connectivity index (χ2v) is 8.18. The second kappa shape index (κ2) is 8.11. The summed E-state index contributed by atoms with van der Waals surface area (Å²) in [4.78, 5) is -0.162. The summed E-state index contributed by atoms with van der Waals surface area (Å²) in [6.45, 7) is -0.943. The van der Waals surface area contributed by atoms with Gasteiger partial charge in [0.2, 0.25) is 0 Å². The molecule has 0 fully saturated rings. The predicted molar refractivity (Wildman–Crippen MR) is 101 cm³/mol. The summed E-state index contributed by atoms with van der Waals surface area (Å²) in [6, 6.07) is 5.40. The molecule has 11 heteroatoms. The van der Waals surface area contributed by atoms with Crippen molar-refractivity contribution < 1.29 is 30.7 Å². The summed E-state index contributed by atoms with van der Waals surface area (Å²) in [5, 5.41) is 0.751. The Morgan fingerprint density at radius 2 is 1.90 bits per heavy atom. The number of fused-ring (bicyclic) bond motifs is 1. The topological polar surface area (TPSA) is 60.3 Å². The Balaban J connectivity index is 2.04. The van der Waals surface area contributed by atoms with Crippen molar-refractivity contribution in [1.82, 2.24) is 4.57 Å². The molecule has 0 aliphatic carbocycles. The average molecular weight is 451 g/mol. The lowest BCUT2D eigenvalue weighted by Crippen LogP contribution is -2.14. The molecule has 0 spiro atoms. The zero-order valence-electron chi connectivity index (χ0n) is 14.9. The fraction of sp³-hybridized carbons (Fsp3) is 0.222. The highest BCUT2D eigenvalue weighted by Gasteiger charge is 2.24. The number of aromatic nitrogens is 1. The van der Waals surface area contributed by atoms with Crippen molar-refractivity contribution in [2.45, 2.75) is 31.4 Å². The number of halogens is 5. The summed E-state index contributed by atoms with van der Waals surface area (Å²) in [5.41, 5.74) is -0.179. The van der Waals surface area contributed by atoms with Crippen LogP contribution < -0.4 is 9.46 Å². The Morgan fingerprint density at radius 1 is 1.17 bits per heavy atom. The van der Waals surface area contributed by atoms with Gasteiger partial charge in [0.25, 0.3) is 10.0 Å². The monoisotopic (exact) mass is 450 g/mol. The lowest BCUT2D eigenvalue weighted by Gasteiger charge is -2.11. The van der Waals surface area contributed by atoms with Crippen LogP contribution >= 0.6 is 11.6 Å². The number of benzene rings is 2. The molecule has 3 rings (SSSR count). The molecule has 2 aromatic carbocycles. The van der Waals surface area contributed by atoms with Gasteiger partial charge in [-0.25, -0.2) is 17.2 Å². The molecule has 0 radical (unpaired) electrons. The van der Waals surface area contributed by atoms with E-state index in [-0.39, 0.29) is 4.90 Å². The van der Waals surface area contributed by atoms with E-state index in [1.807, 2.05) is 11.6 Å². The Hall–Kier alpha value is -2.46. The minimum Gasteiger partial charge on any atom is -0.432 e. The van der Waals surface area contributed by atoms with Crippen molar-refractivity contribution in [2.24, 2.45) is 0 Å². The molecule has 1 N–H and O–H groups in total. The summed E-state index contributed by atoms with van der Waals surface area (Å²) >= 11 is 6.00. The Labute approximate surface area is 168 Å². The number of alkyl halides is 2. The number of rotatable bonds is 7. The van der Waals surface area contributed by atoms with Crippen molar-refractivity contribution in [1.29, 1.82) is 0 Å². The van der Waals surface area contributed by atoms with Crippen molar-refractivity contribution in [3.63, 3.8) is 0 Å². The van der Waals surface area contributed by atoms with Crippen molar-refractivity contribution >= 4 is 38.2 Å². The van der Waals surface area contributed by atoms with Gasteiger partial charge in [0.15, 0.2) is 17.4 Å². The first kappa shape index (κ1) is 21.3. The van der Waals surface area contributed by atoms with Crippen LogP contribution in [0.25, 0.3) is 10.9 Å². The van der Waals surface area contributed by atoms with E-state index in [4.69, 9.17) is 11.6 Å². The van der Waals surface area contributed by atoms with Crippen molar-refractivity contribution in [2.75, 3.05) is 4.72 Å². The lowest BCUT2D eigenvalue weighted by molar-refractivity contribution is -0.0523. The van der Waals surface area contributed by atoms with Crippen LogP contribution in [-0.2, 0) is 16.6 Å². The minimum atomic E-state index is -4.33. The van der Waals surface area contributed by atoms with Gasteiger partial charge in [-0.1, -0.05) is 18.5 Å². The molecule has 0 bridgehead atoms. The lowest BCUT2D eigenvalue weighted by atomic mass is 10.2. The van der Waals surface area contributed by atoms with Gasteiger partial charge in [-0.15, -0.1) is 0 Å². The number of anilines is 1. The van der Waals surface area contributed by atoms with Gasteiger partial charge in [-0.3, -0.25) is 4.72 Å². The molecule has 3 aromatic rings.